The smallest absolute Gasteiger partial charge is 0.132 e. The van der Waals surface area contributed by atoms with Gasteiger partial charge in [0.1, 0.15) is 5.75 Å². The third-order valence-electron chi connectivity index (χ3n) is 2.02. The molecule has 0 aliphatic heterocycles. The molecule has 0 unspecified atom stereocenters. The van der Waals surface area contributed by atoms with Crippen LogP contribution in [0.1, 0.15) is 20.3 Å². The number of rotatable bonds is 5. The third kappa shape index (κ3) is 3.62. The molecule has 0 atom stereocenters. The molecule has 1 aromatic carbocycles. The van der Waals surface area contributed by atoms with Crippen molar-refractivity contribution in [1.82, 2.24) is 0 Å². The Morgan fingerprint density at radius 2 is 2.00 bits per heavy atom. The lowest BCUT2D eigenvalue weighted by molar-refractivity contribution is 0.283. The average Bonchev–Trinajstić information content (AvgIpc) is 2.18. The van der Waals surface area contributed by atoms with Crippen LogP contribution in [0.4, 0.5) is 0 Å². The first-order valence-corrected chi connectivity index (χ1v) is 6.22. The van der Waals surface area contributed by atoms with Crippen molar-refractivity contribution in [3.05, 3.63) is 24.3 Å². The van der Waals surface area contributed by atoms with E-state index >= 15 is 0 Å². The van der Waals surface area contributed by atoms with Crippen molar-refractivity contribution >= 4 is 11.8 Å². The van der Waals surface area contributed by atoms with Crippen LogP contribution in [-0.4, -0.2) is 12.9 Å². The summed E-state index contributed by atoms with van der Waals surface area (Å²) < 4.78 is 5.72. The van der Waals surface area contributed by atoms with Crippen LogP contribution < -0.4 is 4.74 Å². The van der Waals surface area contributed by atoms with Gasteiger partial charge in [0.2, 0.25) is 0 Å². The molecular formula is C12H18OS. The van der Waals surface area contributed by atoms with Crippen molar-refractivity contribution in [2.45, 2.75) is 25.2 Å². The molecular weight excluding hydrogens is 192 g/mol. The zero-order valence-electron chi connectivity index (χ0n) is 9.12. The first-order valence-electron chi connectivity index (χ1n) is 5.00. The SMILES string of the molecule is CSc1ccccc1OCCC(C)C. The van der Waals surface area contributed by atoms with Crippen molar-refractivity contribution in [2.75, 3.05) is 12.9 Å². The minimum Gasteiger partial charge on any atom is -0.492 e. The van der Waals surface area contributed by atoms with E-state index in [0.29, 0.717) is 5.92 Å². The molecule has 2 heteroatoms. The Kier molecular flexibility index (Phi) is 4.88. The summed E-state index contributed by atoms with van der Waals surface area (Å²) in [5.41, 5.74) is 0. The fourth-order valence-corrected chi connectivity index (χ4v) is 1.69. The number of para-hydroxylation sites is 1. The molecule has 0 saturated carbocycles. The minimum absolute atomic E-state index is 0.705. The lowest BCUT2D eigenvalue weighted by Crippen LogP contribution is -2.01. The fourth-order valence-electron chi connectivity index (χ4n) is 1.14. The average molecular weight is 210 g/mol. The van der Waals surface area contributed by atoms with Gasteiger partial charge < -0.3 is 4.74 Å². The first kappa shape index (κ1) is 11.4. The van der Waals surface area contributed by atoms with Crippen molar-refractivity contribution in [3.63, 3.8) is 0 Å². The summed E-state index contributed by atoms with van der Waals surface area (Å²) in [4.78, 5) is 1.22. The van der Waals surface area contributed by atoms with Gasteiger partial charge in [-0.05, 0) is 30.7 Å². The number of benzene rings is 1. The summed E-state index contributed by atoms with van der Waals surface area (Å²) in [5.74, 6) is 1.72. The molecule has 1 rings (SSSR count). The van der Waals surface area contributed by atoms with Gasteiger partial charge in [0.05, 0.1) is 6.61 Å². The predicted molar refractivity (Wildman–Crippen MR) is 63.2 cm³/mol. The minimum atomic E-state index is 0.705. The van der Waals surface area contributed by atoms with Gasteiger partial charge in [-0.2, -0.15) is 0 Å². The summed E-state index contributed by atoms with van der Waals surface area (Å²) in [7, 11) is 0. The topological polar surface area (TPSA) is 9.23 Å². The van der Waals surface area contributed by atoms with Gasteiger partial charge in [-0.25, -0.2) is 0 Å². The van der Waals surface area contributed by atoms with Gasteiger partial charge in [0.15, 0.2) is 0 Å². The van der Waals surface area contributed by atoms with E-state index < -0.39 is 0 Å². The van der Waals surface area contributed by atoms with Crippen LogP contribution in [0.3, 0.4) is 0 Å². The Labute approximate surface area is 90.9 Å². The van der Waals surface area contributed by atoms with Gasteiger partial charge in [-0.15, -0.1) is 11.8 Å². The monoisotopic (exact) mass is 210 g/mol. The molecule has 0 bridgehead atoms. The van der Waals surface area contributed by atoms with E-state index in [-0.39, 0.29) is 0 Å². The molecule has 0 N–H and O–H groups in total. The molecule has 14 heavy (non-hydrogen) atoms. The highest BCUT2D eigenvalue weighted by atomic mass is 32.2. The molecule has 0 aliphatic rings. The van der Waals surface area contributed by atoms with Gasteiger partial charge in [0, 0.05) is 4.90 Å². The maximum absolute atomic E-state index is 5.72. The molecule has 1 nitrogen and oxygen atoms in total. The normalized spacial score (nSPS) is 10.6. The van der Waals surface area contributed by atoms with Crippen LogP contribution in [0, 0.1) is 5.92 Å². The standard InChI is InChI=1S/C12H18OS/c1-10(2)8-9-13-11-6-4-5-7-12(11)14-3/h4-7,10H,8-9H2,1-3H3. The van der Waals surface area contributed by atoms with Crippen LogP contribution in [0.15, 0.2) is 29.2 Å². The molecule has 0 aromatic heterocycles. The largest absolute Gasteiger partial charge is 0.492 e. The molecule has 0 radical (unpaired) electrons. The van der Waals surface area contributed by atoms with Gasteiger partial charge in [-0.1, -0.05) is 26.0 Å². The van der Waals surface area contributed by atoms with E-state index in [1.54, 1.807) is 11.8 Å². The highest BCUT2D eigenvalue weighted by molar-refractivity contribution is 7.98. The van der Waals surface area contributed by atoms with Crippen LogP contribution in [0.25, 0.3) is 0 Å². The van der Waals surface area contributed by atoms with Gasteiger partial charge in [-0.3, -0.25) is 0 Å². The second-order valence-corrected chi connectivity index (χ2v) is 4.53. The van der Waals surface area contributed by atoms with Crippen molar-refractivity contribution in [1.29, 1.82) is 0 Å². The summed E-state index contributed by atoms with van der Waals surface area (Å²) in [6, 6.07) is 8.19. The Bertz CT molecular complexity index is 271. The highest BCUT2D eigenvalue weighted by Gasteiger charge is 2.01. The van der Waals surface area contributed by atoms with Crippen LogP contribution in [0.5, 0.6) is 5.75 Å². The van der Waals surface area contributed by atoms with E-state index in [1.165, 1.54) is 4.90 Å². The van der Waals surface area contributed by atoms with Gasteiger partial charge >= 0.3 is 0 Å². The van der Waals surface area contributed by atoms with Crippen LogP contribution in [0.2, 0.25) is 0 Å². The molecule has 0 fully saturated rings. The van der Waals surface area contributed by atoms with E-state index in [0.717, 1.165) is 18.8 Å². The number of ether oxygens (including phenoxy) is 1. The zero-order valence-corrected chi connectivity index (χ0v) is 9.93. The summed E-state index contributed by atoms with van der Waals surface area (Å²) in [6.07, 6.45) is 3.19. The van der Waals surface area contributed by atoms with Gasteiger partial charge in [0.25, 0.3) is 0 Å². The van der Waals surface area contributed by atoms with Crippen molar-refractivity contribution in [3.8, 4) is 5.75 Å². The molecule has 1 aromatic rings. The molecule has 0 spiro atoms. The van der Waals surface area contributed by atoms with Crippen LogP contribution in [-0.2, 0) is 0 Å². The predicted octanol–water partition coefficient (Wildman–Crippen LogP) is 3.83. The Hall–Kier alpha value is -0.630. The summed E-state index contributed by atoms with van der Waals surface area (Å²) in [6.45, 7) is 5.24. The molecule has 0 heterocycles. The fraction of sp³-hybridized carbons (Fsp3) is 0.500. The van der Waals surface area contributed by atoms with Crippen molar-refractivity contribution in [2.24, 2.45) is 5.92 Å². The molecule has 0 saturated heterocycles. The molecule has 0 amide bonds. The first-order chi connectivity index (χ1) is 6.74. The highest BCUT2D eigenvalue weighted by Crippen LogP contribution is 2.26. The lowest BCUT2D eigenvalue weighted by Gasteiger charge is -2.10. The Morgan fingerprint density at radius 3 is 2.64 bits per heavy atom. The van der Waals surface area contributed by atoms with E-state index in [9.17, 15) is 0 Å². The van der Waals surface area contributed by atoms with Crippen molar-refractivity contribution < 1.29 is 4.74 Å². The van der Waals surface area contributed by atoms with E-state index in [2.05, 4.69) is 26.2 Å². The summed E-state index contributed by atoms with van der Waals surface area (Å²) >= 11 is 1.73. The number of hydrogen-bond donors (Lipinski definition) is 0. The number of thioether (sulfide) groups is 1. The number of hydrogen-bond acceptors (Lipinski definition) is 2. The molecule has 0 aliphatic carbocycles. The Balaban J connectivity index is 2.49. The maximum atomic E-state index is 5.72. The van der Waals surface area contributed by atoms with Crippen LogP contribution >= 0.6 is 11.8 Å². The molecule has 78 valence electrons. The third-order valence-corrected chi connectivity index (χ3v) is 2.80. The Morgan fingerprint density at radius 1 is 1.29 bits per heavy atom. The quantitative estimate of drug-likeness (QED) is 0.683. The summed E-state index contributed by atoms with van der Waals surface area (Å²) in [5, 5.41) is 0. The maximum Gasteiger partial charge on any atom is 0.132 e. The second kappa shape index (κ2) is 5.97. The van der Waals surface area contributed by atoms with E-state index in [4.69, 9.17) is 4.74 Å². The second-order valence-electron chi connectivity index (χ2n) is 3.68. The van der Waals surface area contributed by atoms with E-state index in [1.807, 2.05) is 18.2 Å². The zero-order chi connectivity index (χ0) is 10.4. The lowest BCUT2D eigenvalue weighted by atomic mass is 10.1.